The monoisotopic (exact) mass is 638 g/mol. The summed E-state index contributed by atoms with van der Waals surface area (Å²) in [5.74, 6) is -2.88. The Labute approximate surface area is 260 Å². The molecule has 0 aliphatic carbocycles. The lowest BCUT2D eigenvalue weighted by molar-refractivity contribution is -0.384. The van der Waals surface area contributed by atoms with Gasteiger partial charge in [-0.3, -0.25) is 24.6 Å². The summed E-state index contributed by atoms with van der Waals surface area (Å²) in [6, 6.07) is 11.7. The highest BCUT2D eigenvalue weighted by Crippen LogP contribution is 2.44. The van der Waals surface area contributed by atoms with Crippen LogP contribution in [0.2, 0.25) is 0 Å². The van der Waals surface area contributed by atoms with Crippen molar-refractivity contribution in [2.75, 3.05) is 30.9 Å². The van der Waals surface area contributed by atoms with Gasteiger partial charge in [0.25, 0.3) is 11.6 Å². The van der Waals surface area contributed by atoms with Gasteiger partial charge >= 0.3 is 6.09 Å². The van der Waals surface area contributed by atoms with Crippen molar-refractivity contribution in [3.05, 3.63) is 98.7 Å². The van der Waals surface area contributed by atoms with Crippen molar-refractivity contribution < 1.29 is 32.8 Å². The molecule has 1 N–H and O–H groups in total. The summed E-state index contributed by atoms with van der Waals surface area (Å²) >= 11 is 0.976. The smallest absolute Gasteiger partial charge is 0.415 e. The number of carbonyl (C=O) groups is 3. The van der Waals surface area contributed by atoms with Gasteiger partial charge in [0, 0.05) is 36.0 Å². The lowest BCUT2D eigenvalue weighted by atomic mass is 10.0. The number of ketones is 1. The fourth-order valence-corrected chi connectivity index (χ4v) is 5.64. The van der Waals surface area contributed by atoms with Crippen molar-refractivity contribution in [3.8, 4) is 10.4 Å². The number of hydrogen-bond donors (Lipinski definition) is 1. The molecule has 2 aromatic heterocycles. The summed E-state index contributed by atoms with van der Waals surface area (Å²) in [5, 5.41) is 21.6. The summed E-state index contributed by atoms with van der Waals surface area (Å²) in [5.41, 5.74) is 0.389. The average Bonchev–Trinajstić information content (AvgIpc) is 3.35. The van der Waals surface area contributed by atoms with E-state index in [-0.39, 0.29) is 46.7 Å². The van der Waals surface area contributed by atoms with E-state index in [4.69, 9.17) is 4.74 Å². The molecule has 0 bridgehead atoms. The Hall–Kier alpha value is -5.15. The maximum atomic E-state index is 14.8. The van der Waals surface area contributed by atoms with Gasteiger partial charge in [0.15, 0.2) is 11.6 Å². The number of nitrogens with one attached hydrogen (secondary N) is 1. The second-order valence-corrected chi connectivity index (χ2v) is 10.9. The minimum Gasteiger partial charge on any atom is -0.449 e. The number of carbonyl (C=O) groups excluding carboxylic acids is 3. The first-order valence-electron chi connectivity index (χ1n) is 13.5. The van der Waals surface area contributed by atoms with E-state index in [2.05, 4.69) is 15.5 Å². The zero-order valence-corrected chi connectivity index (χ0v) is 25.5. The lowest BCUT2D eigenvalue weighted by Gasteiger charge is -2.23. The van der Waals surface area contributed by atoms with Gasteiger partial charge in [-0.1, -0.05) is 6.07 Å². The van der Waals surface area contributed by atoms with Crippen LogP contribution in [0.4, 0.5) is 30.1 Å². The van der Waals surface area contributed by atoms with E-state index in [1.54, 1.807) is 25.9 Å². The first-order chi connectivity index (χ1) is 21.4. The quantitative estimate of drug-likeness (QED) is 0.117. The zero-order chi connectivity index (χ0) is 32.8. The third kappa shape index (κ3) is 7.50. The Kier molecular flexibility index (Phi) is 10.3. The second-order valence-electron chi connectivity index (χ2n) is 9.93. The Bertz CT molecular complexity index is 1720. The molecule has 2 aromatic carbocycles. The summed E-state index contributed by atoms with van der Waals surface area (Å²) in [6.45, 7) is 2.35. The molecule has 0 spiro atoms. The van der Waals surface area contributed by atoms with Crippen LogP contribution in [0.3, 0.4) is 0 Å². The molecule has 4 aromatic rings. The third-order valence-corrected chi connectivity index (χ3v) is 7.71. The van der Waals surface area contributed by atoms with E-state index < -0.39 is 40.7 Å². The highest BCUT2D eigenvalue weighted by atomic mass is 32.1. The van der Waals surface area contributed by atoms with Gasteiger partial charge in [-0.05, 0) is 68.5 Å². The first-order valence-corrected chi connectivity index (χ1v) is 14.3. The third-order valence-electron chi connectivity index (χ3n) is 6.41. The van der Waals surface area contributed by atoms with Crippen molar-refractivity contribution in [3.63, 3.8) is 0 Å². The number of ether oxygens (including phenoxy) is 1. The molecule has 0 fully saturated rings. The topological polar surface area (TPSA) is 148 Å². The van der Waals surface area contributed by atoms with Gasteiger partial charge < -0.3 is 15.0 Å². The van der Waals surface area contributed by atoms with Crippen LogP contribution >= 0.6 is 11.3 Å². The van der Waals surface area contributed by atoms with Gasteiger partial charge in [0.2, 0.25) is 0 Å². The number of nitro groups is 1. The Balaban J connectivity index is 1.95. The molecule has 234 valence electrons. The number of benzene rings is 2. The van der Waals surface area contributed by atoms with Crippen LogP contribution in [-0.2, 0) is 17.8 Å². The molecule has 0 aliphatic heterocycles. The number of aromatic nitrogens is 2. The van der Waals surface area contributed by atoms with Gasteiger partial charge in [-0.15, -0.1) is 21.5 Å². The molecule has 0 unspecified atom stereocenters. The van der Waals surface area contributed by atoms with E-state index in [0.717, 1.165) is 28.4 Å². The number of Topliss-reactive ketones (excluding diaryl/α,β-unsaturated/α-hetero) is 1. The van der Waals surface area contributed by atoms with Crippen molar-refractivity contribution in [2.45, 2.75) is 26.9 Å². The molecule has 45 heavy (non-hydrogen) atoms. The molecular formula is C30H28F2N6O6S. The molecule has 0 atom stereocenters. The lowest BCUT2D eigenvalue weighted by Crippen LogP contribution is -2.33. The summed E-state index contributed by atoms with van der Waals surface area (Å²) < 4.78 is 34.9. The van der Waals surface area contributed by atoms with E-state index >= 15 is 0 Å². The molecule has 2 amide bonds. The molecule has 2 heterocycles. The number of nitrogens with zero attached hydrogens (tertiary/aromatic N) is 5. The van der Waals surface area contributed by atoms with Gasteiger partial charge in [0.05, 0.1) is 23.6 Å². The van der Waals surface area contributed by atoms with Crippen LogP contribution in [0.25, 0.3) is 10.4 Å². The van der Waals surface area contributed by atoms with Crippen LogP contribution < -0.4 is 10.2 Å². The van der Waals surface area contributed by atoms with Gasteiger partial charge in [0.1, 0.15) is 22.3 Å². The maximum Gasteiger partial charge on any atom is 0.415 e. The highest BCUT2D eigenvalue weighted by molar-refractivity contribution is 7.20. The largest absolute Gasteiger partial charge is 0.449 e. The van der Waals surface area contributed by atoms with Gasteiger partial charge in [-0.2, -0.15) is 0 Å². The Morgan fingerprint density at radius 3 is 2.18 bits per heavy atom. The van der Waals surface area contributed by atoms with E-state index in [0.29, 0.717) is 16.0 Å². The van der Waals surface area contributed by atoms with Crippen LogP contribution in [0.1, 0.15) is 45.8 Å². The van der Waals surface area contributed by atoms with Crippen LogP contribution in [0.15, 0.2) is 54.6 Å². The molecule has 0 saturated carbocycles. The summed E-state index contributed by atoms with van der Waals surface area (Å²) in [4.78, 5) is 53.0. The van der Waals surface area contributed by atoms with Crippen molar-refractivity contribution >= 4 is 45.6 Å². The number of hydrogen-bond acceptors (Lipinski definition) is 10. The van der Waals surface area contributed by atoms with Crippen molar-refractivity contribution in [1.82, 2.24) is 15.1 Å². The molecular weight excluding hydrogens is 610 g/mol. The number of anilines is 2. The van der Waals surface area contributed by atoms with E-state index in [1.807, 2.05) is 0 Å². The van der Waals surface area contributed by atoms with Crippen molar-refractivity contribution in [2.24, 2.45) is 0 Å². The van der Waals surface area contributed by atoms with Crippen molar-refractivity contribution in [1.29, 1.82) is 0 Å². The SMILES string of the molecule is CCOC(=O)N(Cc1c(F)cccc1F)c1sc(-c2ccc([N+](=O)[O-])cc2)c(CN(C)C)c1C(=O)Nc1ccc(C(C)=O)nn1. The fraction of sp³-hybridized carbons (Fsp3) is 0.233. The zero-order valence-electron chi connectivity index (χ0n) is 24.7. The first kappa shape index (κ1) is 32.8. The summed E-state index contributed by atoms with van der Waals surface area (Å²) in [7, 11) is 3.50. The molecule has 12 nitrogen and oxygen atoms in total. The van der Waals surface area contributed by atoms with Crippen LogP contribution in [0.5, 0.6) is 0 Å². The average molecular weight is 639 g/mol. The van der Waals surface area contributed by atoms with E-state index in [9.17, 15) is 33.3 Å². The fourth-order valence-electron chi connectivity index (χ4n) is 4.34. The normalized spacial score (nSPS) is 10.9. The number of nitro benzene ring substituents is 1. The maximum absolute atomic E-state index is 14.8. The number of thiophene rings is 1. The number of non-ortho nitro benzene ring substituents is 1. The molecule has 0 radical (unpaired) electrons. The molecule has 0 saturated heterocycles. The Morgan fingerprint density at radius 2 is 1.64 bits per heavy atom. The number of rotatable bonds is 11. The van der Waals surface area contributed by atoms with Crippen LogP contribution in [-0.4, -0.2) is 58.5 Å². The number of halogens is 2. The number of amides is 2. The van der Waals surface area contributed by atoms with Gasteiger partial charge in [-0.25, -0.2) is 13.6 Å². The molecule has 0 aliphatic rings. The van der Waals surface area contributed by atoms with E-state index in [1.165, 1.54) is 49.4 Å². The summed E-state index contributed by atoms with van der Waals surface area (Å²) in [6.07, 6.45) is -0.965. The molecule has 4 rings (SSSR count). The minimum absolute atomic E-state index is 0.00216. The standard InChI is InChI=1S/C30H28F2N6O6S/c1-5-44-30(41)37(16-20-22(31)7-6-8-23(20)32)29-26(28(40)33-25-14-13-24(17(2)39)34-35-25)21(15-36(3)4)27(45-29)18-9-11-19(12-10-18)38(42)43/h6-14H,5,15-16H2,1-4H3,(H,33,35,40). The predicted octanol–water partition coefficient (Wildman–Crippen LogP) is 6.07. The van der Waals surface area contributed by atoms with Crippen LogP contribution in [0, 0.1) is 21.7 Å². The minimum atomic E-state index is -0.965. The predicted molar refractivity (Wildman–Crippen MR) is 163 cm³/mol. The molecule has 15 heteroatoms. The highest BCUT2D eigenvalue weighted by Gasteiger charge is 2.33. The Morgan fingerprint density at radius 1 is 0.978 bits per heavy atom. The second kappa shape index (κ2) is 14.1.